The molecule has 0 aromatic heterocycles. The summed E-state index contributed by atoms with van der Waals surface area (Å²) < 4.78 is 9.45. The number of carbonyl (C=O) groups excluding carboxylic acids is 2. The van der Waals surface area contributed by atoms with Gasteiger partial charge in [0.1, 0.15) is 18.2 Å². The molecule has 0 radical (unpaired) electrons. The van der Waals surface area contributed by atoms with Crippen LogP contribution in [-0.4, -0.2) is 36.6 Å². The summed E-state index contributed by atoms with van der Waals surface area (Å²) in [4.78, 5) is 23.4. The Bertz CT molecular complexity index is 538. The first-order chi connectivity index (χ1) is 10.6. The fraction of sp³-hybridized carbons (Fsp3) is 0.333. The van der Waals surface area contributed by atoms with Crippen LogP contribution < -0.4 is 0 Å². The number of hydrogen-bond acceptors (Lipinski definition) is 7. The van der Waals surface area contributed by atoms with Gasteiger partial charge in [0.05, 0.1) is 13.2 Å². The van der Waals surface area contributed by atoms with E-state index in [1.165, 1.54) is 17.2 Å². The summed E-state index contributed by atoms with van der Waals surface area (Å²) in [5.41, 5.74) is -0.0880. The lowest BCUT2D eigenvalue weighted by molar-refractivity contribution is -0.138. The molecule has 0 aliphatic carbocycles. The van der Waals surface area contributed by atoms with Crippen molar-refractivity contribution >= 4 is 11.9 Å². The van der Waals surface area contributed by atoms with E-state index >= 15 is 0 Å². The maximum Gasteiger partial charge on any atom is 0.348 e. The summed E-state index contributed by atoms with van der Waals surface area (Å²) in [6, 6.07) is 1.75. The van der Waals surface area contributed by atoms with Gasteiger partial charge in [-0.3, -0.25) is 4.90 Å². The minimum Gasteiger partial charge on any atom is -0.462 e. The molecule has 0 rings (SSSR count). The number of nitrogens with zero attached hydrogens (tertiary/aromatic N) is 3. The van der Waals surface area contributed by atoms with E-state index in [0.717, 1.165) is 6.08 Å². The second-order valence-corrected chi connectivity index (χ2v) is 3.74. The first kappa shape index (κ1) is 18.9. The molecule has 7 heteroatoms. The lowest BCUT2D eigenvalue weighted by Crippen LogP contribution is -2.18. The molecule has 0 fully saturated rings. The molecule has 0 heterocycles. The number of allylic oxidation sites excluding steroid dienone is 2. The van der Waals surface area contributed by atoms with Crippen molar-refractivity contribution in [1.82, 2.24) is 4.90 Å². The van der Waals surface area contributed by atoms with Crippen molar-refractivity contribution in [2.24, 2.45) is 0 Å². The van der Waals surface area contributed by atoms with Gasteiger partial charge in [-0.25, -0.2) is 9.59 Å². The smallest absolute Gasteiger partial charge is 0.348 e. The number of esters is 2. The quantitative estimate of drug-likeness (QED) is 0.208. The zero-order valence-electron chi connectivity index (χ0n) is 12.3. The standard InChI is InChI=1S/C15H17N3O4/c1-3-14(19)22-10-9-18(12-17)8-6-5-7-13(11-16)15(20)21-4-2/h3,6-8H,1,4-5,9-10H2,2H3/b8-6+,13-7+. The van der Waals surface area contributed by atoms with E-state index in [1.807, 2.05) is 6.19 Å². The number of ether oxygens (including phenoxy) is 2. The number of rotatable bonds is 9. The molecule has 0 bridgehead atoms. The first-order valence-electron chi connectivity index (χ1n) is 6.48. The molecule has 22 heavy (non-hydrogen) atoms. The predicted molar refractivity (Wildman–Crippen MR) is 77.6 cm³/mol. The van der Waals surface area contributed by atoms with Crippen LogP contribution in [0.4, 0.5) is 0 Å². The zero-order chi connectivity index (χ0) is 16.8. The van der Waals surface area contributed by atoms with Crippen LogP contribution in [0.2, 0.25) is 0 Å². The average molecular weight is 303 g/mol. The van der Waals surface area contributed by atoms with E-state index in [1.54, 1.807) is 19.1 Å². The molecule has 0 aromatic rings. The predicted octanol–water partition coefficient (Wildman–Crippen LogP) is 1.42. The Morgan fingerprint density at radius 2 is 2.05 bits per heavy atom. The van der Waals surface area contributed by atoms with E-state index in [2.05, 4.69) is 6.58 Å². The summed E-state index contributed by atoms with van der Waals surface area (Å²) in [5, 5.41) is 17.7. The number of carbonyl (C=O) groups is 2. The highest BCUT2D eigenvalue weighted by atomic mass is 16.5. The van der Waals surface area contributed by atoms with Crippen LogP contribution in [0, 0.1) is 22.8 Å². The van der Waals surface area contributed by atoms with E-state index in [4.69, 9.17) is 20.0 Å². The molecule has 0 aliphatic rings. The third-order valence-corrected chi connectivity index (χ3v) is 2.23. The Kier molecular flexibility index (Phi) is 10.1. The van der Waals surface area contributed by atoms with Gasteiger partial charge in [0.15, 0.2) is 6.19 Å². The molecule has 0 amide bonds. The Labute approximate surface area is 129 Å². The largest absolute Gasteiger partial charge is 0.462 e. The van der Waals surface area contributed by atoms with Crippen molar-refractivity contribution < 1.29 is 19.1 Å². The maximum atomic E-state index is 11.3. The summed E-state index contributed by atoms with van der Waals surface area (Å²) in [7, 11) is 0. The molecular weight excluding hydrogens is 286 g/mol. The summed E-state index contributed by atoms with van der Waals surface area (Å²) >= 11 is 0. The number of nitriles is 2. The van der Waals surface area contributed by atoms with E-state index in [9.17, 15) is 9.59 Å². The van der Waals surface area contributed by atoms with E-state index in [-0.39, 0.29) is 31.8 Å². The number of hydrogen-bond donors (Lipinski definition) is 0. The van der Waals surface area contributed by atoms with Crippen molar-refractivity contribution in [2.45, 2.75) is 13.3 Å². The fourth-order valence-corrected chi connectivity index (χ4v) is 1.22. The highest BCUT2D eigenvalue weighted by molar-refractivity contribution is 5.92. The van der Waals surface area contributed by atoms with Gasteiger partial charge in [-0.15, -0.1) is 0 Å². The van der Waals surface area contributed by atoms with Gasteiger partial charge in [0.2, 0.25) is 0 Å². The molecule has 0 atom stereocenters. The average Bonchev–Trinajstić information content (AvgIpc) is 2.52. The fourth-order valence-electron chi connectivity index (χ4n) is 1.22. The second-order valence-electron chi connectivity index (χ2n) is 3.74. The molecule has 0 N–H and O–H groups in total. The third-order valence-electron chi connectivity index (χ3n) is 2.23. The van der Waals surface area contributed by atoms with Crippen LogP contribution in [0.25, 0.3) is 0 Å². The maximum absolute atomic E-state index is 11.3. The minimum absolute atomic E-state index is 0.0465. The summed E-state index contributed by atoms with van der Waals surface area (Å²) in [6.07, 6.45) is 7.68. The van der Waals surface area contributed by atoms with Crippen molar-refractivity contribution in [3.8, 4) is 12.3 Å². The van der Waals surface area contributed by atoms with Crippen LogP contribution in [0.5, 0.6) is 0 Å². The monoisotopic (exact) mass is 303 g/mol. The highest BCUT2D eigenvalue weighted by Gasteiger charge is 2.08. The molecule has 116 valence electrons. The molecule has 0 saturated carbocycles. The van der Waals surface area contributed by atoms with Gasteiger partial charge in [0.25, 0.3) is 0 Å². The minimum atomic E-state index is -0.674. The van der Waals surface area contributed by atoms with Crippen LogP contribution >= 0.6 is 0 Å². The Morgan fingerprint density at radius 3 is 2.59 bits per heavy atom. The molecule has 0 aliphatic heterocycles. The van der Waals surface area contributed by atoms with Gasteiger partial charge in [-0.2, -0.15) is 10.5 Å². The van der Waals surface area contributed by atoms with Gasteiger partial charge >= 0.3 is 11.9 Å². The third kappa shape index (κ3) is 8.18. The van der Waals surface area contributed by atoms with Crippen molar-refractivity contribution in [2.75, 3.05) is 19.8 Å². The lowest BCUT2D eigenvalue weighted by atomic mass is 10.2. The molecule has 0 unspecified atom stereocenters. The normalized spacial score (nSPS) is 10.4. The van der Waals surface area contributed by atoms with Gasteiger partial charge in [-0.05, 0) is 13.3 Å². The highest BCUT2D eigenvalue weighted by Crippen LogP contribution is 2.00. The van der Waals surface area contributed by atoms with E-state index in [0.29, 0.717) is 0 Å². The summed E-state index contributed by atoms with van der Waals surface area (Å²) in [5.74, 6) is -1.23. The lowest BCUT2D eigenvalue weighted by Gasteiger charge is -2.09. The topological polar surface area (TPSA) is 103 Å². The van der Waals surface area contributed by atoms with Crippen LogP contribution in [0.1, 0.15) is 13.3 Å². The van der Waals surface area contributed by atoms with Crippen LogP contribution in [-0.2, 0) is 19.1 Å². The Hall–Kier alpha value is -3.06. The molecule has 7 nitrogen and oxygen atoms in total. The van der Waals surface area contributed by atoms with Gasteiger partial charge in [0, 0.05) is 12.3 Å². The molecule has 0 saturated heterocycles. The molecule has 0 aromatic carbocycles. The zero-order valence-corrected chi connectivity index (χ0v) is 12.3. The molecule has 0 spiro atoms. The van der Waals surface area contributed by atoms with Crippen LogP contribution in [0.3, 0.4) is 0 Å². The van der Waals surface area contributed by atoms with Gasteiger partial charge < -0.3 is 9.47 Å². The first-order valence-corrected chi connectivity index (χ1v) is 6.48. The Morgan fingerprint density at radius 1 is 1.32 bits per heavy atom. The van der Waals surface area contributed by atoms with Crippen molar-refractivity contribution in [1.29, 1.82) is 10.5 Å². The summed E-state index contributed by atoms with van der Waals surface area (Å²) in [6.45, 7) is 5.34. The SMILES string of the molecule is C=CC(=O)OCCN(C#N)/C=C/C/C=C(\C#N)C(=O)OCC. The Balaban J connectivity index is 4.35. The van der Waals surface area contributed by atoms with Gasteiger partial charge in [-0.1, -0.05) is 18.7 Å². The van der Waals surface area contributed by atoms with E-state index < -0.39 is 11.9 Å². The second kappa shape index (κ2) is 11.7. The van der Waals surface area contributed by atoms with Crippen LogP contribution in [0.15, 0.2) is 36.6 Å². The van der Waals surface area contributed by atoms with Crippen molar-refractivity contribution in [3.63, 3.8) is 0 Å². The van der Waals surface area contributed by atoms with Crippen molar-refractivity contribution in [3.05, 3.63) is 36.6 Å². The molecular formula is C15H17N3O4.